The normalized spacial score (nSPS) is 22.8. The number of rotatable bonds is 2. The number of hydrogen-bond acceptors (Lipinski definition) is 5. The van der Waals surface area contributed by atoms with Gasteiger partial charge in [0.1, 0.15) is 9.71 Å². The first kappa shape index (κ1) is 12.3. The number of hydrogen-bond donors (Lipinski definition) is 2. The molecule has 2 aromatic rings. The smallest absolute Gasteiger partial charge is 0.263 e. The Kier molecular flexibility index (Phi) is 3.10. The van der Waals surface area contributed by atoms with Crippen LogP contribution in [0.1, 0.15) is 35.9 Å². The second-order valence-corrected chi connectivity index (χ2v) is 6.18. The van der Waals surface area contributed by atoms with E-state index >= 15 is 0 Å². The number of thiophene rings is 1. The lowest BCUT2D eigenvalue weighted by molar-refractivity contribution is 0.0942. The molecule has 0 radical (unpaired) electrons. The molecule has 1 amide bonds. The van der Waals surface area contributed by atoms with Crippen molar-refractivity contribution < 1.29 is 4.79 Å². The Labute approximate surface area is 115 Å². The van der Waals surface area contributed by atoms with Crippen molar-refractivity contribution in [2.75, 3.05) is 5.73 Å². The fourth-order valence-corrected chi connectivity index (χ4v) is 3.57. The Bertz CT molecular complexity index is 624. The number of aromatic nitrogens is 2. The van der Waals surface area contributed by atoms with Gasteiger partial charge in [0.2, 0.25) is 0 Å². The largest absolute Gasteiger partial charge is 0.397 e. The summed E-state index contributed by atoms with van der Waals surface area (Å²) in [6.07, 6.45) is 4.87. The molecule has 5 nitrogen and oxygen atoms in total. The van der Waals surface area contributed by atoms with Crippen LogP contribution in [-0.4, -0.2) is 22.1 Å². The van der Waals surface area contributed by atoms with Crippen LogP contribution >= 0.6 is 11.3 Å². The zero-order valence-electron chi connectivity index (χ0n) is 10.7. The first-order valence-electron chi connectivity index (χ1n) is 6.45. The molecule has 1 saturated carbocycles. The van der Waals surface area contributed by atoms with E-state index in [-0.39, 0.29) is 11.9 Å². The van der Waals surface area contributed by atoms with Gasteiger partial charge in [0.15, 0.2) is 0 Å². The molecule has 0 bridgehead atoms. The van der Waals surface area contributed by atoms with E-state index in [0.29, 0.717) is 21.3 Å². The van der Waals surface area contributed by atoms with Crippen molar-refractivity contribution >= 4 is 33.1 Å². The van der Waals surface area contributed by atoms with Gasteiger partial charge in [-0.25, -0.2) is 0 Å². The lowest BCUT2D eigenvalue weighted by atomic mass is 10.1. The number of amides is 1. The van der Waals surface area contributed by atoms with Crippen LogP contribution in [0.3, 0.4) is 0 Å². The highest BCUT2D eigenvalue weighted by Crippen LogP contribution is 2.32. The van der Waals surface area contributed by atoms with Gasteiger partial charge in [-0.2, -0.15) is 5.10 Å². The maximum atomic E-state index is 12.3. The molecular weight excluding hydrogens is 260 g/mol. The van der Waals surface area contributed by atoms with Crippen molar-refractivity contribution in [1.29, 1.82) is 0 Å². The molecule has 6 heteroatoms. The van der Waals surface area contributed by atoms with Gasteiger partial charge in [-0.15, -0.1) is 16.4 Å². The van der Waals surface area contributed by atoms with Crippen molar-refractivity contribution in [3.05, 3.63) is 17.1 Å². The van der Waals surface area contributed by atoms with E-state index < -0.39 is 0 Å². The van der Waals surface area contributed by atoms with Crippen molar-refractivity contribution in [2.24, 2.45) is 5.92 Å². The van der Waals surface area contributed by atoms with Gasteiger partial charge in [0.25, 0.3) is 5.91 Å². The number of carbonyl (C=O) groups excluding carboxylic acids is 1. The number of nitrogens with two attached hydrogens (primary N) is 1. The minimum atomic E-state index is -0.0837. The fourth-order valence-electron chi connectivity index (χ4n) is 2.63. The molecule has 0 spiro atoms. The molecule has 2 unspecified atom stereocenters. The minimum Gasteiger partial charge on any atom is -0.397 e. The summed E-state index contributed by atoms with van der Waals surface area (Å²) in [6, 6.07) is 2.07. The van der Waals surface area contributed by atoms with E-state index in [2.05, 4.69) is 22.4 Å². The zero-order valence-corrected chi connectivity index (χ0v) is 11.5. The second kappa shape index (κ2) is 4.77. The third-order valence-electron chi connectivity index (χ3n) is 3.66. The molecule has 1 aliphatic rings. The molecule has 3 N–H and O–H groups in total. The Morgan fingerprint density at radius 2 is 2.37 bits per heavy atom. The van der Waals surface area contributed by atoms with Gasteiger partial charge in [-0.05, 0) is 31.2 Å². The summed E-state index contributed by atoms with van der Waals surface area (Å²) < 4.78 is 0. The number of nitrogen functional groups attached to an aromatic ring is 1. The standard InChI is InChI=1S/C13H16N4OS/c1-7-2-3-8(6-7)16-12(18)11-10(14)9-4-5-15-17-13(9)19-11/h4-5,7-8H,2-3,6,14H2,1H3,(H,16,18). The van der Waals surface area contributed by atoms with Crippen LogP contribution in [0.25, 0.3) is 10.2 Å². The lowest BCUT2D eigenvalue weighted by Gasteiger charge is -2.11. The highest BCUT2D eigenvalue weighted by Gasteiger charge is 2.25. The molecule has 0 aromatic carbocycles. The first-order valence-corrected chi connectivity index (χ1v) is 7.27. The number of nitrogens with one attached hydrogen (secondary N) is 1. The summed E-state index contributed by atoms with van der Waals surface area (Å²) >= 11 is 1.31. The molecule has 2 heterocycles. The number of fused-ring (bicyclic) bond motifs is 1. The van der Waals surface area contributed by atoms with Gasteiger partial charge >= 0.3 is 0 Å². The van der Waals surface area contributed by atoms with Gasteiger partial charge in [-0.1, -0.05) is 6.92 Å². The predicted octanol–water partition coefficient (Wildman–Crippen LogP) is 2.19. The average Bonchev–Trinajstić information content (AvgIpc) is 2.94. The monoisotopic (exact) mass is 276 g/mol. The predicted molar refractivity (Wildman–Crippen MR) is 76.1 cm³/mol. The summed E-state index contributed by atoms with van der Waals surface area (Å²) in [7, 11) is 0. The molecule has 0 aliphatic heterocycles. The molecule has 1 fully saturated rings. The topological polar surface area (TPSA) is 80.9 Å². The molecule has 2 aromatic heterocycles. The van der Waals surface area contributed by atoms with Crippen molar-refractivity contribution in [3.8, 4) is 0 Å². The quantitative estimate of drug-likeness (QED) is 0.881. The summed E-state index contributed by atoms with van der Waals surface area (Å²) in [5.41, 5.74) is 6.54. The van der Waals surface area contributed by atoms with E-state index in [9.17, 15) is 4.79 Å². The molecular formula is C13H16N4OS. The number of nitrogens with zero attached hydrogens (tertiary/aromatic N) is 2. The minimum absolute atomic E-state index is 0.0837. The number of anilines is 1. The lowest BCUT2D eigenvalue weighted by Crippen LogP contribution is -2.32. The van der Waals surface area contributed by atoms with E-state index in [4.69, 9.17) is 5.73 Å². The van der Waals surface area contributed by atoms with Gasteiger partial charge < -0.3 is 11.1 Å². The maximum absolute atomic E-state index is 12.3. The summed E-state index contributed by atoms with van der Waals surface area (Å²) in [5, 5.41) is 11.7. The second-order valence-electron chi connectivity index (χ2n) is 5.18. The highest BCUT2D eigenvalue weighted by atomic mass is 32.1. The summed E-state index contributed by atoms with van der Waals surface area (Å²) in [6.45, 7) is 2.22. The molecule has 0 saturated heterocycles. The molecule has 3 rings (SSSR count). The Hall–Kier alpha value is -1.69. The van der Waals surface area contributed by atoms with E-state index in [1.165, 1.54) is 17.8 Å². The molecule has 1 aliphatic carbocycles. The molecule has 19 heavy (non-hydrogen) atoms. The maximum Gasteiger partial charge on any atom is 0.263 e. The first-order chi connectivity index (χ1) is 9.15. The van der Waals surface area contributed by atoms with Gasteiger partial charge in [0, 0.05) is 11.4 Å². The Morgan fingerprint density at radius 1 is 1.53 bits per heavy atom. The van der Waals surface area contributed by atoms with Crippen LogP contribution < -0.4 is 11.1 Å². The summed E-state index contributed by atoms with van der Waals surface area (Å²) in [4.78, 5) is 13.5. The van der Waals surface area contributed by atoms with Crippen LogP contribution in [0.2, 0.25) is 0 Å². The highest BCUT2D eigenvalue weighted by molar-refractivity contribution is 7.21. The Morgan fingerprint density at radius 3 is 3.05 bits per heavy atom. The van der Waals surface area contributed by atoms with Crippen LogP contribution in [0.5, 0.6) is 0 Å². The van der Waals surface area contributed by atoms with Crippen molar-refractivity contribution in [2.45, 2.75) is 32.2 Å². The summed E-state index contributed by atoms with van der Waals surface area (Å²) in [5.74, 6) is 0.607. The van der Waals surface area contributed by atoms with E-state index in [1.54, 1.807) is 12.3 Å². The van der Waals surface area contributed by atoms with Crippen LogP contribution in [-0.2, 0) is 0 Å². The molecule has 100 valence electrons. The van der Waals surface area contributed by atoms with Crippen LogP contribution in [0.15, 0.2) is 12.3 Å². The average molecular weight is 276 g/mol. The van der Waals surface area contributed by atoms with Crippen molar-refractivity contribution in [1.82, 2.24) is 15.5 Å². The third-order valence-corrected chi connectivity index (χ3v) is 4.76. The zero-order chi connectivity index (χ0) is 13.4. The molecule has 2 atom stereocenters. The van der Waals surface area contributed by atoms with E-state index in [1.807, 2.05) is 0 Å². The van der Waals surface area contributed by atoms with Crippen LogP contribution in [0, 0.1) is 5.92 Å². The van der Waals surface area contributed by atoms with Crippen molar-refractivity contribution in [3.63, 3.8) is 0 Å². The number of carbonyl (C=O) groups is 1. The van der Waals surface area contributed by atoms with Gasteiger partial charge in [0.05, 0.1) is 11.9 Å². The third kappa shape index (κ3) is 2.28. The van der Waals surface area contributed by atoms with E-state index in [0.717, 1.165) is 18.2 Å². The Balaban J connectivity index is 1.83. The fraction of sp³-hybridized carbons (Fsp3) is 0.462. The SMILES string of the molecule is CC1CCC(NC(=O)c2sc3nnccc3c2N)C1. The van der Waals surface area contributed by atoms with Crippen LogP contribution in [0.4, 0.5) is 5.69 Å². The van der Waals surface area contributed by atoms with Gasteiger partial charge in [-0.3, -0.25) is 4.79 Å².